The maximum absolute atomic E-state index is 13.2. The summed E-state index contributed by atoms with van der Waals surface area (Å²) in [5.41, 5.74) is 0.639. The summed E-state index contributed by atoms with van der Waals surface area (Å²) < 4.78 is 26.2. The number of rotatable bonds is 4. The normalized spacial score (nSPS) is 15.7. The number of hydrogen-bond donors (Lipinski definition) is 2. The van der Waals surface area contributed by atoms with Crippen molar-refractivity contribution >= 4 is 29.2 Å². The van der Waals surface area contributed by atoms with Crippen LogP contribution in [0.2, 0.25) is 5.02 Å². The van der Waals surface area contributed by atoms with E-state index in [2.05, 4.69) is 10.6 Å². The summed E-state index contributed by atoms with van der Waals surface area (Å²) in [5, 5.41) is 5.52. The Labute approximate surface area is 173 Å². The summed E-state index contributed by atoms with van der Waals surface area (Å²) in [4.78, 5) is 26.7. The highest BCUT2D eigenvalue weighted by Gasteiger charge is 2.38. The molecule has 0 spiro atoms. The minimum absolute atomic E-state index is 0.0631. The molecule has 0 bridgehead atoms. The van der Waals surface area contributed by atoms with Crippen LogP contribution in [0.15, 0.2) is 42.5 Å². The molecule has 2 aromatic carbocycles. The highest BCUT2D eigenvalue weighted by Crippen LogP contribution is 2.31. The van der Waals surface area contributed by atoms with Gasteiger partial charge in [-0.05, 0) is 48.7 Å². The fourth-order valence-electron chi connectivity index (χ4n) is 3.20. The fraction of sp³-hybridized carbons (Fsp3) is 0.333. The predicted molar refractivity (Wildman–Crippen MR) is 108 cm³/mol. The summed E-state index contributed by atoms with van der Waals surface area (Å²) >= 11 is 5.73. The fourth-order valence-corrected chi connectivity index (χ4v) is 3.39. The van der Waals surface area contributed by atoms with Crippen LogP contribution >= 0.6 is 11.6 Å². The topological polar surface area (TPSA) is 61.4 Å². The quantitative estimate of drug-likeness (QED) is 0.759. The van der Waals surface area contributed by atoms with Crippen LogP contribution in [0.4, 0.5) is 19.3 Å². The van der Waals surface area contributed by atoms with Gasteiger partial charge in [-0.3, -0.25) is 4.79 Å². The van der Waals surface area contributed by atoms with Crippen LogP contribution in [-0.4, -0.2) is 29.9 Å². The van der Waals surface area contributed by atoms with Gasteiger partial charge in [0.25, 0.3) is 0 Å². The second-order valence-corrected chi connectivity index (χ2v) is 7.82. The standard InChI is InChI=1S/C21H22ClF2N3O2/c1-21(19(28)25-13-14-2-4-15(23)5-3-14)8-10-27(11-9-21)20(29)26-16-6-7-18(24)17(22)12-16/h2-7,12H,8-11,13H2,1H3,(H,25,28)(H,26,29). The zero-order valence-corrected chi connectivity index (χ0v) is 16.7. The highest BCUT2D eigenvalue weighted by molar-refractivity contribution is 6.31. The molecule has 1 aliphatic rings. The number of carbonyl (C=O) groups is 2. The Morgan fingerprint density at radius 2 is 1.76 bits per heavy atom. The van der Waals surface area contributed by atoms with Gasteiger partial charge in [0.1, 0.15) is 11.6 Å². The number of benzene rings is 2. The van der Waals surface area contributed by atoms with E-state index in [0.29, 0.717) is 38.2 Å². The Balaban J connectivity index is 1.51. The molecule has 0 aliphatic carbocycles. The Morgan fingerprint density at radius 3 is 2.38 bits per heavy atom. The number of nitrogens with one attached hydrogen (secondary N) is 2. The summed E-state index contributed by atoms with van der Waals surface area (Å²) in [6.07, 6.45) is 1.03. The maximum atomic E-state index is 13.2. The second-order valence-electron chi connectivity index (χ2n) is 7.42. The molecule has 0 aromatic heterocycles. The Kier molecular flexibility index (Phi) is 6.37. The van der Waals surface area contributed by atoms with Gasteiger partial charge in [-0.15, -0.1) is 0 Å². The van der Waals surface area contributed by atoms with Crippen LogP contribution in [0.1, 0.15) is 25.3 Å². The van der Waals surface area contributed by atoms with E-state index in [1.54, 1.807) is 17.0 Å². The van der Waals surface area contributed by atoms with E-state index in [1.807, 2.05) is 6.92 Å². The van der Waals surface area contributed by atoms with Crippen molar-refractivity contribution in [3.63, 3.8) is 0 Å². The zero-order valence-electron chi connectivity index (χ0n) is 16.0. The van der Waals surface area contributed by atoms with Crippen molar-refractivity contribution in [3.05, 3.63) is 64.7 Å². The third-order valence-electron chi connectivity index (χ3n) is 5.24. The average molecular weight is 422 g/mol. The number of carbonyl (C=O) groups excluding carboxylic acids is 2. The monoisotopic (exact) mass is 421 g/mol. The van der Waals surface area contributed by atoms with Crippen molar-refractivity contribution in [1.82, 2.24) is 10.2 Å². The van der Waals surface area contributed by atoms with Crippen molar-refractivity contribution in [1.29, 1.82) is 0 Å². The van der Waals surface area contributed by atoms with Crippen LogP contribution in [0, 0.1) is 17.0 Å². The summed E-state index contributed by atoms with van der Waals surface area (Å²) in [6.45, 7) is 3.04. The molecule has 1 fully saturated rings. The lowest BCUT2D eigenvalue weighted by Gasteiger charge is -2.38. The average Bonchev–Trinajstić information content (AvgIpc) is 2.70. The van der Waals surface area contributed by atoms with Crippen LogP contribution in [0.3, 0.4) is 0 Å². The van der Waals surface area contributed by atoms with Gasteiger partial charge < -0.3 is 15.5 Å². The lowest BCUT2D eigenvalue weighted by molar-refractivity contribution is -0.132. The summed E-state index contributed by atoms with van der Waals surface area (Å²) in [5.74, 6) is -0.960. The van der Waals surface area contributed by atoms with Crippen molar-refractivity contribution < 1.29 is 18.4 Å². The minimum atomic E-state index is -0.587. The number of anilines is 1. The molecule has 8 heteroatoms. The lowest BCUT2D eigenvalue weighted by atomic mass is 9.79. The largest absolute Gasteiger partial charge is 0.352 e. The van der Waals surface area contributed by atoms with Crippen molar-refractivity contribution in [2.75, 3.05) is 18.4 Å². The summed E-state index contributed by atoms with van der Waals surface area (Å²) in [7, 11) is 0. The molecule has 3 rings (SSSR count). The first-order valence-electron chi connectivity index (χ1n) is 9.30. The molecule has 154 valence electrons. The molecule has 1 heterocycles. The van der Waals surface area contributed by atoms with Gasteiger partial charge in [0.2, 0.25) is 5.91 Å². The molecule has 0 saturated carbocycles. The molecule has 3 amide bonds. The predicted octanol–water partition coefficient (Wildman–Crippen LogP) is 4.57. The van der Waals surface area contributed by atoms with Gasteiger partial charge in [-0.2, -0.15) is 0 Å². The van der Waals surface area contributed by atoms with E-state index in [4.69, 9.17) is 11.6 Å². The van der Waals surface area contributed by atoms with E-state index in [-0.39, 0.29) is 22.8 Å². The van der Waals surface area contributed by atoms with Gasteiger partial charge in [-0.25, -0.2) is 13.6 Å². The van der Waals surface area contributed by atoms with Gasteiger partial charge in [0, 0.05) is 30.7 Å². The number of halogens is 3. The molecule has 2 N–H and O–H groups in total. The van der Waals surface area contributed by atoms with Gasteiger partial charge in [-0.1, -0.05) is 30.7 Å². The Hall–Kier alpha value is -2.67. The SMILES string of the molecule is CC1(C(=O)NCc2ccc(F)cc2)CCN(C(=O)Nc2ccc(F)c(Cl)c2)CC1. The van der Waals surface area contributed by atoms with E-state index < -0.39 is 11.2 Å². The van der Waals surface area contributed by atoms with Crippen LogP contribution in [0.5, 0.6) is 0 Å². The number of urea groups is 1. The molecular formula is C21H22ClF2N3O2. The highest BCUT2D eigenvalue weighted by atomic mass is 35.5. The number of amides is 3. The molecule has 0 atom stereocenters. The first kappa shape index (κ1) is 21.0. The zero-order chi connectivity index (χ0) is 21.0. The van der Waals surface area contributed by atoms with Gasteiger partial charge in [0.05, 0.1) is 5.02 Å². The molecule has 5 nitrogen and oxygen atoms in total. The smallest absolute Gasteiger partial charge is 0.321 e. The third-order valence-corrected chi connectivity index (χ3v) is 5.53. The van der Waals surface area contributed by atoms with E-state index in [1.165, 1.54) is 30.3 Å². The second kappa shape index (κ2) is 8.78. The Bertz CT molecular complexity index is 897. The minimum Gasteiger partial charge on any atom is -0.352 e. The molecular weight excluding hydrogens is 400 g/mol. The molecule has 0 unspecified atom stereocenters. The molecule has 29 heavy (non-hydrogen) atoms. The maximum Gasteiger partial charge on any atom is 0.321 e. The molecule has 2 aromatic rings. The third kappa shape index (κ3) is 5.23. The van der Waals surface area contributed by atoms with E-state index in [9.17, 15) is 18.4 Å². The van der Waals surface area contributed by atoms with Crippen LogP contribution < -0.4 is 10.6 Å². The Morgan fingerprint density at radius 1 is 1.10 bits per heavy atom. The number of nitrogens with zero attached hydrogens (tertiary/aromatic N) is 1. The first-order valence-corrected chi connectivity index (χ1v) is 9.68. The lowest BCUT2D eigenvalue weighted by Crippen LogP contribution is -2.49. The van der Waals surface area contributed by atoms with Crippen molar-refractivity contribution in [2.24, 2.45) is 5.41 Å². The molecule has 1 aliphatic heterocycles. The molecule has 0 radical (unpaired) electrons. The summed E-state index contributed by atoms with van der Waals surface area (Å²) in [6, 6.07) is 9.64. The van der Waals surface area contributed by atoms with E-state index in [0.717, 1.165) is 5.56 Å². The van der Waals surface area contributed by atoms with Crippen LogP contribution in [0.25, 0.3) is 0 Å². The number of piperidine rings is 1. The van der Waals surface area contributed by atoms with Gasteiger partial charge >= 0.3 is 6.03 Å². The van der Waals surface area contributed by atoms with Crippen LogP contribution in [-0.2, 0) is 11.3 Å². The molecule has 1 saturated heterocycles. The van der Waals surface area contributed by atoms with Crippen molar-refractivity contribution in [2.45, 2.75) is 26.3 Å². The first-order chi connectivity index (χ1) is 13.8. The van der Waals surface area contributed by atoms with E-state index >= 15 is 0 Å². The van der Waals surface area contributed by atoms with Crippen molar-refractivity contribution in [3.8, 4) is 0 Å². The number of hydrogen-bond acceptors (Lipinski definition) is 2. The number of likely N-dealkylation sites (tertiary alicyclic amines) is 1. The van der Waals surface area contributed by atoms with Gasteiger partial charge in [0.15, 0.2) is 0 Å².